The van der Waals surface area contributed by atoms with Crippen molar-refractivity contribution in [2.24, 2.45) is 5.92 Å². The summed E-state index contributed by atoms with van der Waals surface area (Å²) >= 11 is 5.82. The number of thiocarbonyl (C=S) groups is 1. The number of carbonyl (C=O) groups is 1. The molecule has 1 aliphatic carbocycles. The Kier molecular flexibility index (Phi) is 4.91. The van der Waals surface area contributed by atoms with Crippen LogP contribution in [0.3, 0.4) is 0 Å². The average Bonchev–Trinajstić information content (AvgIpc) is 3.43. The number of nitrogens with zero attached hydrogens (tertiary/aromatic N) is 1. The molecule has 4 rings (SSSR count). The van der Waals surface area contributed by atoms with Gasteiger partial charge in [0.25, 0.3) is 0 Å². The summed E-state index contributed by atoms with van der Waals surface area (Å²) in [6.07, 6.45) is 7.78. The van der Waals surface area contributed by atoms with Crippen LogP contribution in [0.2, 0.25) is 0 Å². The zero-order valence-electron chi connectivity index (χ0n) is 15.8. The first-order valence-electron chi connectivity index (χ1n) is 9.99. The molecule has 2 aliphatic heterocycles. The van der Waals surface area contributed by atoms with Crippen LogP contribution >= 0.6 is 12.2 Å². The summed E-state index contributed by atoms with van der Waals surface area (Å²) in [5.74, 6) is 0.567. The second kappa shape index (κ2) is 7.18. The molecule has 2 unspecified atom stereocenters. The van der Waals surface area contributed by atoms with Gasteiger partial charge in [-0.05, 0) is 88.2 Å². The Morgan fingerprint density at radius 2 is 1.81 bits per heavy atom. The molecular weight excluding hydrogens is 342 g/mol. The summed E-state index contributed by atoms with van der Waals surface area (Å²) in [5.41, 5.74) is 3.64. The fourth-order valence-electron chi connectivity index (χ4n) is 4.56. The smallest absolute Gasteiger partial charge is 0.223 e. The maximum Gasteiger partial charge on any atom is 0.223 e. The van der Waals surface area contributed by atoms with Gasteiger partial charge in [0.1, 0.15) is 0 Å². The Bertz CT molecular complexity index is 701. The minimum atomic E-state index is 0.276. The van der Waals surface area contributed by atoms with Crippen LogP contribution in [-0.4, -0.2) is 34.0 Å². The number of hydrogen-bond donors (Lipinski definition) is 2. The molecule has 0 aromatic heterocycles. The lowest BCUT2D eigenvalue weighted by Gasteiger charge is -2.50. The van der Waals surface area contributed by atoms with Crippen LogP contribution in [0.4, 0.5) is 5.69 Å². The number of aryl methyl sites for hydroxylation is 1. The standard InChI is InChI=1S/C21H29N3OS/c1-13-5-3-8-19(14(13)2)23-21(26)24-17-6-4-7-18(24)12-16(11-17)22-20(25)15-9-10-15/h3,5,8,15-18H,4,6-7,9-12H2,1-2H3,(H,22,25)(H,23,26). The first kappa shape index (κ1) is 17.8. The molecule has 2 bridgehead atoms. The van der Waals surface area contributed by atoms with E-state index in [-0.39, 0.29) is 5.91 Å². The highest BCUT2D eigenvalue weighted by Crippen LogP contribution is 2.36. The number of rotatable bonds is 3. The second-order valence-electron chi connectivity index (χ2n) is 8.27. The monoisotopic (exact) mass is 371 g/mol. The van der Waals surface area contributed by atoms with Crippen molar-refractivity contribution in [2.45, 2.75) is 76.9 Å². The van der Waals surface area contributed by atoms with Gasteiger partial charge in [0.05, 0.1) is 0 Å². The summed E-state index contributed by atoms with van der Waals surface area (Å²) in [4.78, 5) is 14.6. The maximum absolute atomic E-state index is 12.2. The third-order valence-electron chi connectivity index (χ3n) is 6.35. The molecule has 2 saturated heterocycles. The Labute approximate surface area is 161 Å². The van der Waals surface area contributed by atoms with Gasteiger partial charge in [-0.3, -0.25) is 4.79 Å². The third kappa shape index (κ3) is 3.59. The summed E-state index contributed by atoms with van der Waals surface area (Å²) in [7, 11) is 0. The number of fused-ring (bicyclic) bond motifs is 2. The quantitative estimate of drug-likeness (QED) is 0.791. The van der Waals surface area contributed by atoms with E-state index in [4.69, 9.17) is 12.2 Å². The molecule has 4 nitrogen and oxygen atoms in total. The molecule has 2 heterocycles. The van der Waals surface area contributed by atoms with E-state index in [1.54, 1.807) is 0 Å². The predicted molar refractivity (Wildman–Crippen MR) is 109 cm³/mol. The number of hydrogen-bond acceptors (Lipinski definition) is 2. The lowest BCUT2D eigenvalue weighted by molar-refractivity contribution is -0.123. The minimum absolute atomic E-state index is 0.276. The van der Waals surface area contributed by atoms with Gasteiger partial charge in [0, 0.05) is 29.7 Å². The van der Waals surface area contributed by atoms with Gasteiger partial charge in [-0.1, -0.05) is 12.1 Å². The number of amides is 1. The van der Waals surface area contributed by atoms with Gasteiger partial charge >= 0.3 is 0 Å². The molecule has 1 aromatic carbocycles. The number of piperidine rings is 2. The zero-order chi connectivity index (χ0) is 18.3. The van der Waals surface area contributed by atoms with E-state index in [0.717, 1.165) is 36.5 Å². The number of benzene rings is 1. The average molecular weight is 372 g/mol. The van der Waals surface area contributed by atoms with Crippen molar-refractivity contribution in [3.8, 4) is 0 Å². The first-order chi connectivity index (χ1) is 12.5. The second-order valence-corrected chi connectivity index (χ2v) is 8.66. The lowest BCUT2D eigenvalue weighted by atomic mass is 9.82. The fourth-order valence-corrected chi connectivity index (χ4v) is 4.97. The van der Waals surface area contributed by atoms with Gasteiger partial charge in [0.2, 0.25) is 5.91 Å². The normalized spacial score (nSPS) is 27.8. The molecule has 2 atom stereocenters. The van der Waals surface area contributed by atoms with Crippen LogP contribution in [0.5, 0.6) is 0 Å². The maximum atomic E-state index is 12.2. The molecule has 3 aliphatic rings. The minimum Gasteiger partial charge on any atom is -0.353 e. The van der Waals surface area contributed by atoms with E-state index in [9.17, 15) is 4.79 Å². The van der Waals surface area contributed by atoms with Crippen LogP contribution in [0.1, 0.15) is 56.1 Å². The molecule has 1 amide bonds. The van der Waals surface area contributed by atoms with E-state index in [1.807, 2.05) is 0 Å². The van der Waals surface area contributed by atoms with Crippen LogP contribution in [0.15, 0.2) is 18.2 Å². The number of anilines is 1. The first-order valence-corrected chi connectivity index (χ1v) is 10.4. The van der Waals surface area contributed by atoms with Gasteiger partial charge in [-0.2, -0.15) is 0 Å². The van der Waals surface area contributed by atoms with Crippen molar-refractivity contribution in [2.75, 3.05) is 5.32 Å². The lowest BCUT2D eigenvalue weighted by Crippen LogP contribution is -2.59. The van der Waals surface area contributed by atoms with Crippen molar-refractivity contribution < 1.29 is 4.79 Å². The molecule has 5 heteroatoms. The van der Waals surface area contributed by atoms with E-state index in [1.165, 1.54) is 30.4 Å². The van der Waals surface area contributed by atoms with Gasteiger partial charge in [-0.15, -0.1) is 0 Å². The van der Waals surface area contributed by atoms with Crippen molar-refractivity contribution in [1.82, 2.24) is 10.2 Å². The molecule has 3 fully saturated rings. The molecule has 1 saturated carbocycles. The van der Waals surface area contributed by atoms with E-state index in [0.29, 0.717) is 24.0 Å². The Hall–Kier alpha value is -1.62. The summed E-state index contributed by atoms with van der Waals surface area (Å²) in [5, 5.41) is 7.66. The largest absolute Gasteiger partial charge is 0.353 e. The molecule has 26 heavy (non-hydrogen) atoms. The highest BCUT2D eigenvalue weighted by Gasteiger charge is 2.41. The highest BCUT2D eigenvalue weighted by molar-refractivity contribution is 7.80. The number of nitrogens with one attached hydrogen (secondary N) is 2. The fraction of sp³-hybridized carbons (Fsp3) is 0.619. The van der Waals surface area contributed by atoms with Crippen molar-refractivity contribution in [3.63, 3.8) is 0 Å². The van der Waals surface area contributed by atoms with Crippen LogP contribution < -0.4 is 10.6 Å². The van der Waals surface area contributed by atoms with Crippen LogP contribution in [0, 0.1) is 19.8 Å². The number of carbonyl (C=O) groups excluding carboxylic acids is 1. The van der Waals surface area contributed by atoms with Crippen LogP contribution in [-0.2, 0) is 4.79 Å². The topological polar surface area (TPSA) is 44.4 Å². The third-order valence-corrected chi connectivity index (χ3v) is 6.66. The Morgan fingerprint density at radius 3 is 2.46 bits per heavy atom. The Morgan fingerprint density at radius 1 is 1.12 bits per heavy atom. The molecule has 1 aromatic rings. The molecular formula is C21H29N3OS. The summed E-state index contributed by atoms with van der Waals surface area (Å²) < 4.78 is 0. The molecule has 0 spiro atoms. The van der Waals surface area contributed by atoms with Crippen LogP contribution in [0.25, 0.3) is 0 Å². The van der Waals surface area contributed by atoms with Crippen molar-refractivity contribution >= 4 is 28.9 Å². The summed E-state index contributed by atoms with van der Waals surface area (Å²) in [6, 6.07) is 7.51. The van der Waals surface area contributed by atoms with Crippen molar-refractivity contribution in [3.05, 3.63) is 29.3 Å². The van der Waals surface area contributed by atoms with Gasteiger partial charge < -0.3 is 15.5 Å². The predicted octanol–water partition coefficient (Wildman–Crippen LogP) is 3.91. The highest BCUT2D eigenvalue weighted by atomic mass is 32.1. The molecule has 2 N–H and O–H groups in total. The van der Waals surface area contributed by atoms with E-state index in [2.05, 4.69) is 47.6 Å². The van der Waals surface area contributed by atoms with E-state index >= 15 is 0 Å². The summed E-state index contributed by atoms with van der Waals surface area (Å²) in [6.45, 7) is 4.27. The van der Waals surface area contributed by atoms with Gasteiger partial charge in [-0.25, -0.2) is 0 Å². The van der Waals surface area contributed by atoms with E-state index < -0.39 is 0 Å². The molecule has 0 radical (unpaired) electrons. The SMILES string of the molecule is Cc1cccc(NC(=S)N2C3CCCC2CC(NC(=O)C2CC2)C3)c1C. The Balaban J connectivity index is 1.44. The van der Waals surface area contributed by atoms with Crippen molar-refractivity contribution in [1.29, 1.82) is 0 Å². The van der Waals surface area contributed by atoms with Gasteiger partial charge in [0.15, 0.2) is 5.11 Å². The zero-order valence-corrected chi connectivity index (χ0v) is 16.6. The molecule has 140 valence electrons.